The van der Waals surface area contributed by atoms with E-state index in [1.54, 1.807) is 6.07 Å². The second-order valence-corrected chi connectivity index (χ2v) is 5.12. The number of nitrogens with two attached hydrogens (primary N) is 1. The number of nitrogens with one attached hydrogen (secondary N) is 1. The van der Waals surface area contributed by atoms with Crippen LogP contribution < -0.4 is 26.1 Å². The number of rotatable bonds is 4. The monoisotopic (exact) mass is 347 g/mol. The lowest BCUT2D eigenvalue weighted by molar-refractivity contribution is 0.400. The molecule has 0 amide bonds. The number of hydrogen-bond donors (Lipinski definition) is 2. The molecule has 1 aromatic carbocycles. The van der Waals surface area contributed by atoms with Crippen molar-refractivity contribution in [3.8, 4) is 11.5 Å². The number of fused-ring (bicyclic) bond motifs is 2. The predicted molar refractivity (Wildman–Crippen MR) is 92.9 cm³/mol. The van der Waals surface area contributed by atoms with Crippen LogP contribution in [0.4, 0.5) is 0 Å². The van der Waals surface area contributed by atoms with E-state index in [4.69, 9.17) is 24.0 Å². The molecule has 8 nitrogen and oxygen atoms in total. The zero-order valence-corrected chi connectivity index (χ0v) is 13.6. The van der Waals surface area contributed by atoms with E-state index in [9.17, 15) is 4.79 Å². The molecular weight excluding hydrogens is 334 g/mol. The van der Waals surface area contributed by atoms with E-state index in [0.29, 0.717) is 22.5 Å². The van der Waals surface area contributed by atoms with E-state index in [1.807, 2.05) is 0 Å². The maximum atomic E-state index is 12.6. The van der Waals surface area contributed by atoms with Crippen LogP contribution in [0, 0.1) is 0 Å². The number of hydrogen-bond acceptors (Lipinski definition) is 7. The first kappa shape index (κ1) is 15.8. The number of benzene rings is 1. The fraction of sp³-hybridized carbons (Fsp3) is 0.133. The molecule has 2 aromatic heterocycles. The number of furan rings is 1. The zero-order valence-electron chi connectivity index (χ0n) is 12.8. The molecule has 0 aliphatic heterocycles. The highest BCUT2D eigenvalue weighted by molar-refractivity contribution is 7.80. The number of hydrazone groups is 1. The van der Waals surface area contributed by atoms with Gasteiger partial charge in [-0.1, -0.05) is 0 Å². The van der Waals surface area contributed by atoms with Gasteiger partial charge in [0.15, 0.2) is 27.5 Å². The van der Waals surface area contributed by atoms with Crippen molar-refractivity contribution in [1.82, 2.24) is 5.43 Å². The summed E-state index contributed by atoms with van der Waals surface area (Å²) in [5.41, 5.74) is 7.96. The Balaban J connectivity index is 2.33. The summed E-state index contributed by atoms with van der Waals surface area (Å²) in [4.78, 5) is 12.6. The summed E-state index contributed by atoms with van der Waals surface area (Å²) in [6.45, 7) is 0. The van der Waals surface area contributed by atoms with Crippen LogP contribution >= 0.6 is 12.2 Å². The van der Waals surface area contributed by atoms with Crippen LogP contribution in [0.3, 0.4) is 0 Å². The van der Waals surface area contributed by atoms with Gasteiger partial charge >= 0.3 is 0 Å². The van der Waals surface area contributed by atoms with Gasteiger partial charge in [0.2, 0.25) is 5.75 Å². The van der Waals surface area contributed by atoms with Crippen molar-refractivity contribution in [2.75, 3.05) is 14.2 Å². The molecule has 3 aromatic rings. The van der Waals surface area contributed by atoms with Gasteiger partial charge in [-0.25, -0.2) is 0 Å². The van der Waals surface area contributed by atoms with Gasteiger partial charge in [0.25, 0.3) is 0 Å². The van der Waals surface area contributed by atoms with Crippen molar-refractivity contribution in [2.45, 2.75) is 0 Å². The van der Waals surface area contributed by atoms with Gasteiger partial charge < -0.3 is 24.0 Å². The van der Waals surface area contributed by atoms with Crippen LogP contribution in [-0.2, 0) is 0 Å². The molecule has 9 heteroatoms. The summed E-state index contributed by atoms with van der Waals surface area (Å²) in [7, 11) is 2.92. The lowest BCUT2D eigenvalue weighted by Gasteiger charge is -2.10. The van der Waals surface area contributed by atoms with Crippen LogP contribution in [-0.4, -0.2) is 25.5 Å². The molecule has 3 rings (SSSR count). The summed E-state index contributed by atoms with van der Waals surface area (Å²) in [6.07, 6.45) is 2.76. The maximum absolute atomic E-state index is 12.6. The molecule has 124 valence electrons. The topological polar surface area (TPSA) is 112 Å². The van der Waals surface area contributed by atoms with Crippen molar-refractivity contribution in [3.05, 3.63) is 34.4 Å². The summed E-state index contributed by atoms with van der Waals surface area (Å²) >= 11 is 4.64. The second kappa shape index (κ2) is 6.20. The highest BCUT2D eigenvalue weighted by atomic mass is 32.1. The van der Waals surface area contributed by atoms with Crippen molar-refractivity contribution >= 4 is 45.5 Å². The first-order valence-corrected chi connectivity index (χ1v) is 7.15. The SMILES string of the molecule is COc1c2occc2c(OC)c2c(=O)cc(/C=N/NC(N)=S)oc12. The van der Waals surface area contributed by atoms with Gasteiger partial charge in [-0.2, -0.15) is 5.10 Å². The molecule has 0 aliphatic carbocycles. The minimum atomic E-state index is -0.314. The Morgan fingerprint density at radius 3 is 2.75 bits per heavy atom. The Hall–Kier alpha value is -3.07. The molecule has 0 fully saturated rings. The van der Waals surface area contributed by atoms with Gasteiger partial charge in [-0.15, -0.1) is 0 Å². The van der Waals surface area contributed by atoms with E-state index in [0.717, 1.165) is 0 Å². The largest absolute Gasteiger partial charge is 0.495 e. The Labute approximate surface area is 140 Å². The van der Waals surface area contributed by atoms with E-state index in [1.165, 1.54) is 32.8 Å². The fourth-order valence-corrected chi connectivity index (χ4v) is 2.46. The average molecular weight is 347 g/mol. The van der Waals surface area contributed by atoms with E-state index in [2.05, 4.69) is 22.7 Å². The van der Waals surface area contributed by atoms with E-state index in [-0.39, 0.29) is 27.3 Å². The number of thiocarbonyl (C=S) groups is 1. The number of methoxy groups -OCH3 is 2. The number of nitrogens with zero attached hydrogens (tertiary/aromatic N) is 1. The fourth-order valence-electron chi connectivity index (χ4n) is 2.41. The van der Waals surface area contributed by atoms with Crippen molar-refractivity contribution < 1.29 is 18.3 Å². The smallest absolute Gasteiger partial charge is 0.206 e. The summed E-state index contributed by atoms with van der Waals surface area (Å²) < 4.78 is 21.9. The lowest BCUT2D eigenvalue weighted by atomic mass is 10.1. The highest BCUT2D eigenvalue weighted by Gasteiger charge is 2.22. The van der Waals surface area contributed by atoms with Crippen LogP contribution in [0.2, 0.25) is 0 Å². The standard InChI is InChI=1S/C15H13N3O5S/c1-20-11-8-3-4-22-12(8)14(21-2)13-10(11)9(19)5-7(23-13)6-17-18-15(16)24/h3-6H,1-2H3,(H3,16,18,24)/b17-6+. The predicted octanol–water partition coefficient (Wildman–Crippen LogP) is 1.72. The first-order valence-electron chi connectivity index (χ1n) is 6.74. The molecule has 0 aliphatic rings. The third kappa shape index (κ3) is 2.54. The molecule has 3 N–H and O–H groups in total. The Morgan fingerprint density at radius 1 is 1.33 bits per heavy atom. The maximum Gasteiger partial charge on any atom is 0.206 e. The second-order valence-electron chi connectivity index (χ2n) is 4.68. The van der Waals surface area contributed by atoms with Gasteiger partial charge in [-0.3, -0.25) is 10.2 Å². The van der Waals surface area contributed by atoms with Crippen LogP contribution in [0.5, 0.6) is 11.5 Å². The quantitative estimate of drug-likeness (QED) is 0.417. The molecular formula is C15H13N3O5S. The van der Waals surface area contributed by atoms with Crippen LogP contribution in [0.25, 0.3) is 21.9 Å². The normalized spacial score (nSPS) is 11.2. The first-order chi connectivity index (χ1) is 11.6. The van der Waals surface area contributed by atoms with Gasteiger partial charge in [0, 0.05) is 6.07 Å². The zero-order chi connectivity index (χ0) is 17.3. The van der Waals surface area contributed by atoms with Crippen LogP contribution in [0.15, 0.2) is 37.1 Å². The van der Waals surface area contributed by atoms with E-state index < -0.39 is 0 Å². The Kier molecular flexibility index (Phi) is 4.09. The Bertz CT molecular complexity index is 1020. The molecule has 0 atom stereocenters. The summed E-state index contributed by atoms with van der Waals surface area (Å²) in [5, 5.41) is 4.63. The van der Waals surface area contributed by atoms with Gasteiger partial charge in [-0.05, 0) is 18.3 Å². The molecule has 24 heavy (non-hydrogen) atoms. The average Bonchev–Trinajstić information content (AvgIpc) is 3.01. The minimum Gasteiger partial charge on any atom is -0.495 e. The highest BCUT2D eigenvalue weighted by Crippen LogP contribution is 2.41. The molecule has 0 radical (unpaired) electrons. The van der Waals surface area contributed by atoms with Crippen molar-refractivity contribution in [1.29, 1.82) is 0 Å². The van der Waals surface area contributed by atoms with Crippen LogP contribution in [0.1, 0.15) is 5.76 Å². The third-order valence-corrected chi connectivity index (χ3v) is 3.38. The molecule has 2 heterocycles. The Morgan fingerprint density at radius 2 is 2.08 bits per heavy atom. The molecule has 0 bridgehead atoms. The molecule has 0 unspecified atom stereocenters. The lowest BCUT2D eigenvalue weighted by Crippen LogP contribution is -2.24. The van der Waals surface area contributed by atoms with Gasteiger partial charge in [0.1, 0.15) is 11.1 Å². The molecule has 0 saturated heterocycles. The van der Waals surface area contributed by atoms with Crippen molar-refractivity contribution in [3.63, 3.8) is 0 Å². The molecule has 0 saturated carbocycles. The third-order valence-electron chi connectivity index (χ3n) is 3.29. The van der Waals surface area contributed by atoms with Crippen molar-refractivity contribution in [2.24, 2.45) is 10.8 Å². The summed E-state index contributed by atoms with van der Waals surface area (Å²) in [5.74, 6) is 0.830. The number of ether oxygens (including phenoxy) is 2. The molecule has 0 spiro atoms. The minimum absolute atomic E-state index is 0.00840. The van der Waals surface area contributed by atoms with Gasteiger partial charge in [0.05, 0.1) is 32.1 Å². The van der Waals surface area contributed by atoms with E-state index >= 15 is 0 Å². The summed E-state index contributed by atoms with van der Waals surface area (Å²) in [6, 6.07) is 2.97.